The first-order valence-corrected chi connectivity index (χ1v) is 8.87. The van der Waals surface area contributed by atoms with Gasteiger partial charge in [-0.1, -0.05) is 0 Å². The number of rotatable bonds is 3. The third kappa shape index (κ3) is 3.04. The van der Waals surface area contributed by atoms with Crippen LogP contribution in [-0.4, -0.2) is 43.1 Å². The molecule has 1 N–H and O–H groups in total. The number of carbonyl (C=O) groups is 1. The van der Waals surface area contributed by atoms with E-state index >= 15 is 0 Å². The number of fused-ring (bicyclic) bond motifs is 1. The summed E-state index contributed by atoms with van der Waals surface area (Å²) in [5.41, 5.74) is 4.68. The molecule has 0 radical (unpaired) electrons. The lowest BCUT2D eigenvalue weighted by molar-refractivity contribution is 0.0583. The molecule has 0 saturated carbocycles. The summed E-state index contributed by atoms with van der Waals surface area (Å²) in [6, 6.07) is 7.96. The lowest BCUT2D eigenvalue weighted by Gasteiger charge is -2.36. The quantitative estimate of drug-likeness (QED) is 0.799. The second-order valence-electron chi connectivity index (χ2n) is 6.89. The average molecular weight is 337 g/mol. The summed E-state index contributed by atoms with van der Waals surface area (Å²) < 4.78 is 2.03. The first-order chi connectivity index (χ1) is 12.1. The van der Waals surface area contributed by atoms with Crippen molar-refractivity contribution in [2.24, 2.45) is 0 Å². The Morgan fingerprint density at radius 3 is 2.96 bits per heavy atom. The van der Waals surface area contributed by atoms with Gasteiger partial charge in [-0.15, -0.1) is 0 Å². The van der Waals surface area contributed by atoms with Crippen molar-refractivity contribution >= 4 is 16.9 Å². The number of aromatic amines is 1. The van der Waals surface area contributed by atoms with Crippen molar-refractivity contribution in [2.45, 2.75) is 45.7 Å². The van der Waals surface area contributed by atoms with Gasteiger partial charge in [0.05, 0.1) is 35.6 Å². The predicted molar refractivity (Wildman–Crippen MR) is 96.5 cm³/mol. The lowest BCUT2D eigenvalue weighted by Crippen LogP contribution is -2.46. The third-order valence-electron chi connectivity index (χ3n) is 5.04. The lowest BCUT2D eigenvalue weighted by atomic mass is 10.0. The number of aryl methyl sites for hydroxylation is 2. The molecule has 1 aromatic carbocycles. The van der Waals surface area contributed by atoms with Gasteiger partial charge in [-0.2, -0.15) is 5.10 Å². The van der Waals surface area contributed by atoms with Gasteiger partial charge in [-0.25, -0.2) is 4.98 Å². The maximum absolute atomic E-state index is 13.1. The Kier molecular flexibility index (Phi) is 4.03. The largest absolute Gasteiger partial charge is 0.345 e. The fourth-order valence-corrected chi connectivity index (χ4v) is 3.75. The summed E-state index contributed by atoms with van der Waals surface area (Å²) in [7, 11) is 0. The van der Waals surface area contributed by atoms with Crippen molar-refractivity contribution in [1.29, 1.82) is 0 Å². The Bertz CT molecular complexity index is 910. The molecule has 3 aromatic rings. The Morgan fingerprint density at radius 1 is 1.28 bits per heavy atom. The topological polar surface area (TPSA) is 66.8 Å². The van der Waals surface area contributed by atoms with Gasteiger partial charge in [0.15, 0.2) is 0 Å². The normalized spacial score (nSPS) is 18.0. The molecule has 130 valence electrons. The predicted octanol–water partition coefficient (Wildman–Crippen LogP) is 3.07. The second-order valence-corrected chi connectivity index (χ2v) is 6.89. The molecule has 1 aliphatic heterocycles. The Balaban J connectivity index is 1.59. The summed E-state index contributed by atoms with van der Waals surface area (Å²) >= 11 is 0. The van der Waals surface area contributed by atoms with Crippen LogP contribution in [0.2, 0.25) is 0 Å². The zero-order chi connectivity index (χ0) is 17.4. The zero-order valence-electron chi connectivity index (χ0n) is 14.7. The molecule has 1 amide bonds. The monoisotopic (exact) mass is 337 g/mol. The number of aromatic nitrogens is 4. The van der Waals surface area contributed by atoms with Crippen LogP contribution < -0.4 is 0 Å². The number of hydrogen-bond acceptors (Lipinski definition) is 3. The molecule has 1 aliphatic rings. The highest BCUT2D eigenvalue weighted by Crippen LogP contribution is 2.23. The van der Waals surface area contributed by atoms with E-state index in [1.807, 2.05) is 34.7 Å². The van der Waals surface area contributed by atoms with Gasteiger partial charge in [-0.3, -0.25) is 9.48 Å². The van der Waals surface area contributed by atoms with Gasteiger partial charge in [0.1, 0.15) is 0 Å². The van der Waals surface area contributed by atoms with E-state index in [0.717, 1.165) is 60.3 Å². The van der Waals surface area contributed by atoms with Crippen LogP contribution in [0.15, 0.2) is 30.6 Å². The van der Waals surface area contributed by atoms with E-state index < -0.39 is 0 Å². The molecule has 1 atom stereocenters. The summed E-state index contributed by atoms with van der Waals surface area (Å²) in [5.74, 6) is 0.0998. The molecule has 1 fully saturated rings. The highest BCUT2D eigenvalue weighted by molar-refractivity contribution is 5.97. The highest BCUT2D eigenvalue weighted by atomic mass is 16.2. The summed E-state index contributed by atoms with van der Waals surface area (Å²) in [6.07, 6.45) is 4.90. The number of benzene rings is 1. The van der Waals surface area contributed by atoms with Gasteiger partial charge in [0, 0.05) is 17.8 Å². The maximum Gasteiger partial charge on any atom is 0.254 e. The molecule has 6 nitrogen and oxygen atoms in total. The minimum atomic E-state index is 0.0998. The van der Waals surface area contributed by atoms with E-state index in [9.17, 15) is 4.79 Å². The van der Waals surface area contributed by atoms with Gasteiger partial charge in [0.25, 0.3) is 5.91 Å². The SMILES string of the molecule is Cc1cc(C)n(C[C@H]2CCCCN2C(=O)c2ccc3nc[nH]c3c2)n1. The summed E-state index contributed by atoms with van der Waals surface area (Å²) in [5, 5.41) is 4.57. The Morgan fingerprint density at radius 2 is 2.16 bits per heavy atom. The number of amides is 1. The highest BCUT2D eigenvalue weighted by Gasteiger charge is 2.28. The number of imidazole rings is 1. The molecule has 6 heteroatoms. The Hall–Kier alpha value is -2.63. The van der Waals surface area contributed by atoms with Gasteiger partial charge >= 0.3 is 0 Å². The molecule has 3 heterocycles. The van der Waals surface area contributed by atoms with E-state index in [-0.39, 0.29) is 11.9 Å². The number of hydrogen-bond donors (Lipinski definition) is 1. The molecule has 25 heavy (non-hydrogen) atoms. The van der Waals surface area contributed by atoms with Crippen molar-refractivity contribution in [2.75, 3.05) is 6.54 Å². The van der Waals surface area contributed by atoms with Crippen LogP contribution >= 0.6 is 0 Å². The third-order valence-corrected chi connectivity index (χ3v) is 5.04. The van der Waals surface area contributed by atoms with Crippen LogP contribution in [0.1, 0.15) is 41.0 Å². The molecule has 0 bridgehead atoms. The van der Waals surface area contributed by atoms with Gasteiger partial charge in [0.2, 0.25) is 0 Å². The van der Waals surface area contributed by atoms with Crippen LogP contribution in [0, 0.1) is 13.8 Å². The van der Waals surface area contributed by atoms with E-state index in [4.69, 9.17) is 0 Å². The average Bonchev–Trinajstić information content (AvgIpc) is 3.20. The standard InChI is InChI=1S/C19H23N5O/c1-13-9-14(2)24(22-13)11-16-5-3-4-8-23(16)19(25)15-6-7-17-18(10-15)21-12-20-17/h6-7,9-10,12,16H,3-5,8,11H2,1-2H3,(H,20,21)/t16-/m1/s1. The molecule has 1 saturated heterocycles. The summed E-state index contributed by atoms with van der Waals surface area (Å²) in [6.45, 7) is 5.65. The minimum Gasteiger partial charge on any atom is -0.345 e. The zero-order valence-corrected chi connectivity index (χ0v) is 14.7. The molecule has 4 rings (SSSR count). The molecule has 0 aliphatic carbocycles. The first-order valence-electron chi connectivity index (χ1n) is 8.87. The number of nitrogens with zero attached hydrogens (tertiary/aromatic N) is 4. The van der Waals surface area contributed by atoms with Crippen LogP contribution in [-0.2, 0) is 6.54 Å². The van der Waals surface area contributed by atoms with E-state index in [1.165, 1.54) is 0 Å². The van der Waals surface area contributed by atoms with E-state index in [2.05, 4.69) is 28.1 Å². The van der Waals surface area contributed by atoms with Crippen molar-refractivity contribution in [3.63, 3.8) is 0 Å². The molecule has 0 spiro atoms. The Labute approximate surface area is 146 Å². The van der Waals surface area contributed by atoms with Crippen LogP contribution in [0.5, 0.6) is 0 Å². The molecular weight excluding hydrogens is 314 g/mol. The van der Waals surface area contributed by atoms with Crippen molar-refractivity contribution < 1.29 is 4.79 Å². The van der Waals surface area contributed by atoms with Crippen LogP contribution in [0.4, 0.5) is 0 Å². The molecule has 2 aromatic heterocycles. The maximum atomic E-state index is 13.1. The van der Waals surface area contributed by atoms with Crippen molar-refractivity contribution in [3.8, 4) is 0 Å². The van der Waals surface area contributed by atoms with Crippen LogP contribution in [0.3, 0.4) is 0 Å². The fraction of sp³-hybridized carbons (Fsp3) is 0.421. The van der Waals surface area contributed by atoms with E-state index in [1.54, 1.807) is 6.33 Å². The number of H-pyrrole nitrogens is 1. The van der Waals surface area contributed by atoms with Gasteiger partial charge < -0.3 is 9.88 Å². The fourth-order valence-electron chi connectivity index (χ4n) is 3.75. The molecular formula is C19H23N5O. The first kappa shape index (κ1) is 15.9. The minimum absolute atomic E-state index is 0.0998. The second kappa shape index (κ2) is 6.35. The van der Waals surface area contributed by atoms with Crippen molar-refractivity contribution in [3.05, 3.63) is 47.5 Å². The number of nitrogens with one attached hydrogen (secondary N) is 1. The van der Waals surface area contributed by atoms with E-state index in [0.29, 0.717) is 0 Å². The summed E-state index contributed by atoms with van der Waals surface area (Å²) in [4.78, 5) is 22.4. The molecule has 0 unspecified atom stereocenters. The van der Waals surface area contributed by atoms with Crippen LogP contribution in [0.25, 0.3) is 11.0 Å². The number of piperidine rings is 1. The smallest absolute Gasteiger partial charge is 0.254 e. The van der Waals surface area contributed by atoms with Crippen molar-refractivity contribution in [1.82, 2.24) is 24.6 Å². The number of carbonyl (C=O) groups excluding carboxylic acids is 1. The number of likely N-dealkylation sites (tertiary alicyclic amines) is 1. The van der Waals surface area contributed by atoms with Gasteiger partial charge in [-0.05, 0) is 57.4 Å².